The summed E-state index contributed by atoms with van der Waals surface area (Å²) in [5.41, 5.74) is 1.61. The number of ether oxygens (including phenoxy) is 3. The van der Waals surface area contributed by atoms with Crippen molar-refractivity contribution in [1.82, 2.24) is 20.2 Å². The first kappa shape index (κ1) is 23.2. The molecule has 9 nitrogen and oxygen atoms in total. The van der Waals surface area contributed by atoms with Crippen LogP contribution in [0.1, 0.15) is 37.3 Å². The Labute approximate surface area is 208 Å². The van der Waals surface area contributed by atoms with E-state index in [1.165, 1.54) is 24.6 Å². The van der Waals surface area contributed by atoms with Crippen molar-refractivity contribution in [3.8, 4) is 17.2 Å². The zero-order valence-electron chi connectivity index (χ0n) is 19.3. The maximum atomic E-state index is 13.6. The minimum atomic E-state index is -0.0756. The van der Waals surface area contributed by atoms with Crippen LogP contribution in [0.2, 0.25) is 0 Å². The third kappa shape index (κ3) is 5.27. The smallest absolute Gasteiger partial charge is 0.237 e. The van der Waals surface area contributed by atoms with Crippen LogP contribution >= 0.6 is 11.8 Å². The molecule has 0 spiro atoms. The number of thioether (sulfide) groups is 1. The molecule has 2 aromatic carbocycles. The topological polar surface area (TPSA) is 91.6 Å². The van der Waals surface area contributed by atoms with Crippen molar-refractivity contribution in [3.63, 3.8) is 0 Å². The molecule has 0 bridgehead atoms. The van der Waals surface area contributed by atoms with Gasteiger partial charge in [0, 0.05) is 17.3 Å². The lowest BCUT2D eigenvalue weighted by Gasteiger charge is -2.24. The van der Waals surface area contributed by atoms with Crippen molar-refractivity contribution in [2.75, 3.05) is 24.1 Å². The van der Waals surface area contributed by atoms with Crippen molar-refractivity contribution in [1.29, 1.82) is 0 Å². The lowest BCUT2D eigenvalue weighted by Crippen LogP contribution is -2.32. The minimum Gasteiger partial charge on any atom is -0.489 e. The van der Waals surface area contributed by atoms with Gasteiger partial charge in [0.25, 0.3) is 0 Å². The normalized spacial score (nSPS) is 14.7. The first-order chi connectivity index (χ1) is 17.2. The number of rotatable bonds is 10. The molecular formula is C25H27N5O4S. The lowest BCUT2D eigenvalue weighted by molar-refractivity contribution is -0.116. The van der Waals surface area contributed by atoms with Gasteiger partial charge in [-0.15, -0.1) is 5.10 Å². The number of tetrazole rings is 1. The zero-order chi connectivity index (χ0) is 24.0. The van der Waals surface area contributed by atoms with Crippen LogP contribution in [0.4, 0.5) is 5.69 Å². The highest BCUT2D eigenvalue weighted by Gasteiger charge is 2.25. The summed E-state index contributed by atoms with van der Waals surface area (Å²) >= 11 is 1.36. The van der Waals surface area contributed by atoms with E-state index in [4.69, 9.17) is 14.2 Å². The minimum absolute atomic E-state index is 0.0756. The summed E-state index contributed by atoms with van der Waals surface area (Å²) in [5.74, 6) is 2.12. The number of carbonyl (C=O) groups is 1. The predicted molar refractivity (Wildman–Crippen MR) is 132 cm³/mol. The third-order valence-electron chi connectivity index (χ3n) is 6.08. The van der Waals surface area contributed by atoms with E-state index in [9.17, 15) is 4.79 Å². The highest BCUT2D eigenvalue weighted by Crippen LogP contribution is 2.37. The van der Waals surface area contributed by atoms with E-state index >= 15 is 0 Å². The Balaban J connectivity index is 1.38. The van der Waals surface area contributed by atoms with Gasteiger partial charge in [-0.2, -0.15) is 0 Å². The van der Waals surface area contributed by atoms with Crippen molar-refractivity contribution in [2.45, 2.75) is 43.4 Å². The monoisotopic (exact) mass is 493 g/mol. The molecule has 1 aliphatic carbocycles. The number of amides is 1. The number of para-hydroxylation sites is 1. The quantitative estimate of drug-likeness (QED) is 0.303. The van der Waals surface area contributed by atoms with Gasteiger partial charge in [0.05, 0.1) is 18.3 Å². The molecule has 3 aromatic rings. The Hall–Kier alpha value is -3.53. The Morgan fingerprint density at radius 1 is 1.20 bits per heavy atom. The largest absolute Gasteiger partial charge is 0.489 e. The van der Waals surface area contributed by atoms with Crippen molar-refractivity contribution >= 4 is 23.4 Å². The number of fused-ring (bicyclic) bond motifs is 1. The van der Waals surface area contributed by atoms with Gasteiger partial charge in [0.15, 0.2) is 11.5 Å². The molecule has 0 atom stereocenters. The summed E-state index contributed by atoms with van der Waals surface area (Å²) in [6.45, 7) is 4.61. The summed E-state index contributed by atoms with van der Waals surface area (Å²) < 4.78 is 18.7. The van der Waals surface area contributed by atoms with Crippen LogP contribution in [0.15, 0.2) is 60.3 Å². The first-order valence-corrected chi connectivity index (χ1v) is 12.6. The van der Waals surface area contributed by atoms with Gasteiger partial charge in [-0.3, -0.25) is 4.79 Å². The second-order valence-electron chi connectivity index (χ2n) is 8.36. The molecule has 1 aliphatic heterocycles. The number of benzene rings is 2. The molecule has 182 valence electrons. The van der Waals surface area contributed by atoms with E-state index in [0.717, 1.165) is 18.4 Å². The van der Waals surface area contributed by atoms with E-state index in [2.05, 4.69) is 22.1 Å². The fourth-order valence-corrected chi connectivity index (χ4v) is 5.15. The Morgan fingerprint density at radius 3 is 2.89 bits per heavy atom. The van der Waals surface area contributed by atoms with Gasteiger partial charge in [0.2, 0.25) is 17.9 Å². The van der Waals surface area contributed by atoms with Gasteiger partial charge in [-0.05, 0) is 41.5 Å². The summed E-state index contributed by atoms with van der Waals surface area (Å²) in [6.07, 6.45) is 6.19. The van der Waals surface area contributed by atoms with Crippen LogP contribution in [0, 0.1) is 0 Å². The molecule has 35 heavy (non-hydrogen) atoms. The molecule has 1 amide bonds. The summed E-state index contributed by atoms with van der Waals surface area (Å²) in [7, 11) is 0. The Bertz CT molecular complexity index is 1190. The van der Waals surface area contributed by atoms with Gasteiger partial charge < -0.3 is 19.1 Å². The Morgan fingerprint density at radius 2 is 2.03 bits per heavy atom. The van der Waals surface area contributed by atoms with Crippen LogP contribution in [0.3, 0.4) is 0 Å². The SMILES string of the molecule is C=CCOc1ccccc1CN(C(=O)CSc1nnnn1C1CCCC1)c1ccc2c(c1)OCO2. The fourth-order valence-electron chi connectivity index (χ4n) is 4.33. The van der Waals surface area contributed by atoms with Gasteiger partial charge in [0.1, 0.15) is 12.4 Å². The maximum Gasteiger partial charge on any atom is 0.237 e. The number of carbonyl (C=O) groups excluding carboxylic acids is 1. The van der Waals surface area contributed by atoms with E-state index in [0.29, 0.717) is 47.3 Å². The second kappa shape index (κ2) is 10.8. The molecule has 0 N–H and O–H groups in total. The molecule has 2 aliphatic rings. The molecule has 1 aromatic heterocycles. The molecule has 0 radical (unpaired) electrons. The highest BCUT2D eigenvalue weighted by molar-refractivity contribution is 7.99. The lowest BCUT2D eigenvalue weighted by atomic mass is 10.1. The van der Waals surface area contributed by atoms with Crippen LogP contribution in [-0.4, -0.2) is 45.3 Å². The number of nitrogens with zero attached hydrogens (tertiary/aromatic N) is 5. The molecule has 5 rings (SSSR count). The molecule has 0 saturated heterocycles. The van der Waals surface area contributed by atoms with Crippen molar-refractivity contribution < 1.29 is 19.0 Å². The fraction of sp³-hybridized carbons (Fsp3) is 0.360. The summed E-state index contributed by atoms with van der Waals surface area (Å²) in [4.78, 5) is 15.3. The third-order valence-corrected chi connectivity index (χ3v) is 7.00. The standard InChI is InChI=1S/C25H27N5O4S/c1-2-13-32-21-10-6-3-7-18(21)15-29(20-11-12-22-23(14-20)34-17-33-22)24(31)16-35-25-26-27-28-30(25)19-8-4-5-9-19/h2-3,6-7,10-12,14,19H,1,4-5,8-9,13,15-17H2. The van der Waals surface area contributed by atoms with E-state index in [1.54, 1.807) is 11.0 Å². The Kier molecular flexibility index (Phi) is 7.17. The van der Waals surface area contributed by atoms with Crippen LogP contribution in [-0.2, 0) is 11.3 Å². The molecule has 0 unspecified atom stereocenters. The average molecular weight is 494 g/mol. The van der Waals surface area contributed by atoms with Crippen molar-refractivity contribution in [3.05, 3.63) is 60.7 Å². The number of hydrogen-bond donors (Lipinski definition) is 0. The molecule has 10 heteroatoms. The predicted octanol–water partition coefficient (Wildman–Crippen LogP) is 4.41. The van der Waals surface area contributed by atoms with Gasteiger partial charge in [-0.25, -0.2) is 4.68 Å². The molecule has 2 heterocycles. The van der Waals surface area contributed by atoms with E-state index in [1.807, 2.05) is 47.1 Å². The zero-order valence-corrected chi connectivity index (χ0v) is 20.2. The van der Waals surface area contributed by atoms with E-state index in [-0.39, 0.29) is 18.5 Å². The number of anilines is 1. The highest BCUT2D eigenvalue weighted by atomic mass is 32.2. The summed E-state index contributed by atoms with van der Waals surface area (Å²) in [5, 5.41) is 12.9. The van der Waals surface area contributed by atoms with E-state index < -0.39 is 0 Å². The second-order valence-corrected chi connectivity index (χ2v) is 9.30. The maximum absolute atomic E-state index is 13.6. The molecule has 1 saturated carbocycles. The number of hydrogen-bond acceptors (Lipinski definition) is 8. The first-order valence-electron chi connectivity index (χ1n) is 11.6. The number of aromatic nitrogens is 4. The van der Waals surface area contributed by atoms with Gasteiger partial charge in [-0.1, -0.05) is 55.5 Å². The average Bonchev–Trinajstić information content (AvgIpc) is 3.66. The molecular weight excluding hydrogens is 466 g/mol. The summed E-state index contributed by atoms with van der Waals surface area (Å²) in [6, 6.07) is 13.5. The van der Waals surface area contributed by atoms with Crippen molar-refractivity contribution in [2.24, 2.45) is 0 Å². The van der Waals surface area contributed by atoms with Gasteiger partial charge >= 0.3 is 0 Å². The van der Waals surface area contributed by atoms with Crippen LogP contribution in [0.25, 0.3) is 0 Å². The van der Waals surface area contributed by atoms with Crippen LogP contribution < -0.4 is 19.1 Å². The van der Waals surface area contributed by atoms with Crippen LogP contribution in [0.5, 0.6) is 17.2 Å². The molecule has 1 fully saturated rings.